The van der Waals surface area contributed by atoms with Crippen LogP contribution in [0.25, 0.3) is 0 Å². The van der Waals surface area contributed by atoms with E-state index < -0.39 is 0 Å². The largest absolute Gasteiger partial charge is 0.316 e. The van der Waals surface area contributed by atoms with E-state index in [-0.39, 0.29) is 0 Å². The Hall–Kier alpha value is 0.0700. The molecular formula is C11H14Br2N2. The molecule has 1 saturated heterocycles. The third-order valence-corrected chi connectivity index (χ3v) is 4.04. The van der Waals surface area contributed by atoms with Gasteiger partial charge in [-0.05, 0) is 63.4 Å². The monoisotopic (exact) mass is 332 g/mol. The van der Waals surface area contributed by atoms with Crippen molar-refractivity contribution >= 4 is 31.9 Å². The van der Waals surface area contributed by atoms with E-state index in [4.69, 9.17) is 0 Å². The first-order valence-electron chi connectivity index (χ1n) is 5.20. The fourth-order valence-corrected chi connectivity index (χ4v) is 3.40. The van der Waals surface area contributed by atoms with Gasteiger partial charge in [0, 0.05) is 21.1 Å². The Morgan fingerprint density at radius 3 is 2.93 bits per heavy atom. The van der Waals surface area contributed by atoms with Gasteiger partial charge in [-0.1, -0.05) is 6.92 Å². The van der Waals surface area contributed by atoms with Crippen LogP contribution in [-0.4, -0.2) is 18.1 Å². The first-order chi connectivity index (χ1) is 7.18. The Morgan fingerprint density at radius 2 is 2.27 bits per heavy atom. The lowest BCUT2D eigenvalue weighted by atomic mass is 9.85. The molecule has 1 aromatic heterocycles. The summed E-state index contributed by atoms with van der Waals surface area (Å²) in [5, 5.41) is 3.41. The maximum Gasteiger partial charge on any atom is 0.0580 e. The summed E-state index contributed by atoms with van der Waals surface area (Å²) in [6, 6.07) is 2.08. The molecule has 4 heteroatoms. The lowest BCUT2D eigenvalue weighted by Crippen LogP contribution is -2.34. The van der Waals surface area contributed by atoms with Gasteiger partial charge >= 0.3 is 0 Å². The zero-order valence-corrected chi connectivity index (χ0v) is 11.8. The first-order valence-corrected chi connectivity index (χ1v) is 6.78. The van der Waals surface area contributed by atoms with Gasteiger partial charge in [-0.15, -0.1) is 0 Å². The van der Waals surface area contributed by atoms with Gasteiger partial charge in [0.05, 0.1) is 5.69 Å². The summed E-state index contributed by atoms with van der Waals surface area (Å²) < 4.78 is 2.15. The third kappa shape index (κ3) is 2.60. The van der Waals surface area contributed by atoms with Crippen LogP contribution in [0.4, 0.5) is 0 Å². The van der Waals surface area contributed by atoms with Crippen molar-refractivity contribution in [3.05, 3.63) is 26.9 Å². The van der Waals surface area contributed by atoms with Crippen molar-refractivity contribution < 1.29 is 0 Å². The topological polar surface area (TPSA) is 24.9 Å². The van der Waals surface area contributed by atoms with Crippen LogP contribution in [0.3, 0.4) is 0 Å². The Balaban J connectivity index is 2.27. The molecule has 0 spiro atoms. The molecule has 0 aromatic carbocycles. The molecule has 1 aliphatic rings. The van der Waals surface area contributed by atoms with Gasteiger partial charge in [-0.25, -0.2) is 0 Å². The number of halogens is 2. The van der Waals surface area contributed by atoms with Crippen molar-refractivity contribution in [2.45, 2.75) is 19.3 Å². The van der Waals surface area contributed by atoms with Crippen LogP contribution in [-0.2, 0) is 0 Å². The standard InChI is InChI=1S/C11H14Br2N2/c1-7-5-14-3-2-9(7)11-10(13)4-8(12)6-15-11/h4,6-7,9,14H,2-3,5H2,1H3. The number of aromatic nitrogens is 1. The van der Waals surface area contributed by atoms with Gasteiger partial charge in [0.2, 0.25) is 0 Å². The fourth-order valence-electron chi connectivity index (χ4n) is 2.12. The average molecular weight is 334 g/mol. The molecule has 2 atom stereocenters. The highest BCUT2D eigenvalue weighted by molar-refractivity contribution is 9.11. The smallest absolute Gasteiger partial charge is 0.0580 e. The average Bonchev–Trinajstić information content (AvgIpc) is 2.20. The highest BCUT2D eigenvalue weighted by atomic mass is 79.9. The van der Waals surface area contributed by atoms with E-state index in [1.807, 2.05) is 6.20 Å². The van der Waals surface area contributed by atoms with Crippen LogP contribution in [0.5, 0.6) is 0 Å². The van der Waals surface area contributed by atoms with Gasteiger partial charge in [0.25, 0.3) is 0 Å². The molecule has 1 aliphatic heterocycles. The third-order valence-electron chi connectivity index (χ3n) is 2.97. The van der Waals surface area contributed by atoms with E-state index in [0.29, 0.717) is 11.8 Å². The number of hydrogen-bond donors (Lipinski definition) is 1. The SMILES string of the molecule is CC1CNCCC1c1ncc(Br)cc1Br. The Kier molecular flexibility index (Phi) is 3.80. The Morgan fingerprint density at radius 1 is 1.47 bits per heavy atom. The molecule has 0 saturated carbocycles. The molecule has 15 heavy (non-hydrogen) atoms. The number of hydrogen-bond acceptors (Lipinski definition) is 2. The molecule has 0 radical (unpaired) electrons. The number of rotatable bonds is 1. The second-order valence-electron chi connectivity index (χ2n) is 4.10. The molecule has 0 bridgehead atoms. The lowest BCUT2D eigenvalue weighted by molar-refractivity contribution is 0.343. The maximum absolute atomic E-state index is 4.53. The highest BCUT2D eigenvalue weighted by Gasteiger charge is 2.25. The predicted molar refractivity (Wildman–Crippen MR) is 69.0 cm³/mol. The van der Waals surface area contributed by atoms with Gasteiger partial charge in [-0.3, -0.25) is 4.98 Å². The van der Waals surface area contributed by atoms with Crippen LogP contribution in [0.1, 0.15) is 25.0 Å². The summed E-state index contributed by atoms with van der Waals surface area (Å²) in [4.78, 5) is 4.53. The van der Waals surface area contributed by atoms with E-state index in [9.17, 15) is 0 Å². The summed E-state index contributed by atoms with van der Waals surface area (Å²) in [6.07, 6.45) is 3.06. The molecule has 0 aliphatic carbocycles. The van der Waals surface area contributed by atoms with E-state index in [2.05, 4.69) is 55.2 Å². The molecule has 2 nitrogen and oxygen atoms in total. The van der Waals surface area contributed by atoms with Crippen LogP contribution >= 0.6 is 31.9 Å². The van der Waals surface area contributed by atoms with Gasteiger partial charge < -0.3 is 5.32 Å². The van der Waals surface area contributed by atoms with Crippen LogP contribution in [0.2, 0.25) is 0 Å². The number of nitrogens with one attached hydrogen (secondary N) is 1. The normalized spacial score (nSPS) is 26.6. The number of nitrogens with zero attached hydrogens (tertiary/aromatic N) is 1. The zero-order valence-electron chi connectivity index (χ0n) is 8.63. The Bertz CT molecular complexity index is 354. The quantitative estimate of drug-likeness (QED) is 0.852. The molecular weight excluding hydrogens is 320 g/mol. The Labute approximate surface area is 107 Å². The molecule has 1 fully saturated rings. The minimum Gasteiger partial charge on any atom is -0.316 e. The van der Waals surface area contributed by atoms with Gasteiger partial charge in [-0.2, -0.15) is 0 Å². The van der Waals surface area contributed by atoms with Crippen LogP contribution in [0.15, 0.2) is 21.2 Å². The van der Waals surface area contributed by atoms with Crippen molar-refractivity contribution in [3.8, 4) is 0 Å². The van der Waals surface area contributed by atoms with Gasteiger partial charge in [0.15, 0.2) is 0 Å². The lowest BCUT2D eigenvalue weighted by Gasteiger charge is -2.29. The predicted octanol–water partition coefficient (Wildman–Crippen LogP) is 3.32. The minimum atomic E-state index is 0.578. The second-order valence-corrected chi connectivity index (χ2v) is 5.87. The summed E-state index contributed by atoms with van der Waals surface area (Å²) >= 11 is 7.03. The molecule has 2 rings (SSSR count). The van der Waals surface area contributed by atoms with E-state index in [1.165, 1.54) is 12.1 Å². The van der Waals surface area contributed by atoms with Crippen molar-refractivity contribution in [1.29, 1.82) is 0 Å². The molecule has 1 aromatic rings. The molecule has 1 N–H and O–H groups in total. The van der Waals surface area contributed by atoms with E-state index >= 15 is 0 Å². The molecule has 2 heterocycles. The van der Waals surface area contributed by atoms with E-state index in [0.717, 1.165) is 22.0 Å². The minimum absolute atomic E-state index is 0.578. The summed E-state index contributed by atoms with van der Waals surface area (Å²) in [7, 11) is 0. The summed E-state index contributed by atoms with van der Waals surface area (Å²) in [6.45, 7) is 4.47. The summed E-state index contributed by atoms with van der Waals surface area (Å²) in [5.74, 6) is 1.23. The fraction of sp³-hybridized carbons (Fsp3) is 0.545. The maximum atomic E-state index is 4.53. The number of pyridine rings is 1. The second kappa shape index (κ2) is 4.93. The van der Waals surface area contributed by atoms with Crippen molar-refractivity contribution in [2.24, 2.45) is 5.92 Å². The van der Waals surface area contributed by atoms with Gasteiger partial charge in [0.1, 0.15) is 0 Å². The molecule has 82 valence electrons. The summed E-state index contributed by atoms with van der Waals surface area (Å²) in [5.41, 5.74) is 1.20. The first kappa shape index (κ1) is 11.6. The highest BCUT2D eigenvalue weighted by Crippen LogP contribution is 2.34. The van der Waals surface area contributed by atoms with Crippen LogP contribution < -0.4 is 5.32 Å². The van der Waals surface area contributed by atoms with Crippen molar-refractivity contribution in [2.75, 3.05) is 13.1 Å². The van der Waals surface area contributed by atoms with Crippen LogP contribution in [0, 0.1) is 5.92 Å². The molecule has 0 amide bonds. The van der Waals surface area contributed by atoms with E-state index in [1.54, 1.807) is 0 Å². The van der Waals surface area contributed by atoms with Crippen molar-refractivity contribution in [1.82, 2.24) is 10.3 Å². The number of piperidine rings is 1. The zero-order chi connectivity index (χ0) is 10.8. The van der Waals surface area contributed by atoms with Crippen molar-refractivity contribution in [3.63, 3.8) is 0 Å². The molecule has 2 unspecified atom stereocenters.